The maximum atomic E-state index is 13.0. The highest BCUT2D eigenvalue weighted by Crippen LogP contribution is 2.19. The van der Waals surface area contributed by atoms with E-state index in [2.05, 4.69) is 0 Å². The predicted octanol–water partition coefficient (Wildman–Crippen LogP) is 4.08. The molecule has 2 aromatic rings. The van der Waals surface area contributed by atoms with Crippen LogP contribution in [0.15, 0.2) is 48.5 Å². The largest absolute Gasteiger partial charge is 0.507 e. The van der Waals surface area contributed by atoms with E-state index >= 15 is 0 Å². The third-order valence-electron chi connectivity index (χ3n) is 2.53. The average molecular weight is 277 g/mol. The molecular weight excluding hydrogens is 267 g/mol. The SMILES string of the molecule is O=C(/C=C/c1cc(F)ccc1O)c1ccc(Cl)cc1. The number of rotatable bonds is 3. The minimum atomic E-state index is -0.476. The Labute approximate surface area is 114 Å². The van der Waals surface area contributed by atoms with E-state index in [-0.39, 0.29) is 17.1 Å². The third kappa shape index (κ3) is 3.42. The summed E-state index contributed by atoms with van der Waals surface area (Å²) in [4.78, 5) is 11.8. The Morgan fingerprint density at radius 2 is 1.84 bits per heavy atom. The number of hydrogen-bond donors (Lipinski definition) is 1. The second kappa shape index (κ2) is 5.67. The molecule has 0 saturated heterocycles. The van der Waals surface area contributed by atoms with Crippen molar-refractivity contribution >= 4 is 23.5 Å². The number of allylic oxidation sites excluding steroid dienone is 1. The molecule has 2 nitrogen and oxygen atoms in total. The first-order valence-corrected chi connectivity index (χ1v) is 5.90. The fourth-order valence-corrected chi connectivity index (χ4v) is 1.66. The predicted molar refractivity (Wildman–Crippen MR) is 72.9 cm³/mol. The molecule has 0 aliphatic carbocycles. The lowest BCUT2D eigenvalue weighted by Gasteiger charge is -1.99. The normalized spacial score (nSPS) is 10.8. The lowest BCUT2D eigenvalue weighted by atomic mass is 10.1. The van der Waals surface area contributed by atoms with Crippen LogP contribution in [0, 0.1) is 5.82 Å². The molecule has 0 spiro atoms. The van der Waals surface area contributed by atoms with Gasteiger partial charge in [-0.15, -0.1) is 0 Å². The van der Waals surface area contributed by atoms with Gasteiger partial charge in [0.2, 0.25) is 0 Å². The van der Waals surface area contributed by atoms with Crippen molar-refractivity contribution in [3.05, 3.63) is 70.5 Å². The lowest BCUT2D eigenvalue weighted by molar-refractivity contribution is 0.104. The summed E-state index contributed by atoms with van der Waals surface area (Å²) in [5.74, 6) is -0.807. The van der Waals surface area contributed by atoms with Crippen molar-refractivity contribution in [2.45, 2.75) is 0 Å². The molecule has 0 radical (unpaired) electrons. The van der Waals surface area contributed by atoms with Crippen molar-refractivity contribution in [3.63, 3.8) is 0 Å². The summed E-state index contributed by atoms with van der Waals surface area (Å²) >= 11 is 5.72. The van der Waals surface area contributed by atoms with Gasteiger partial charge in [0.15, 0.2) is 5.78 Å². The van der Waals surface area contributed by atoms with Crippen LogP contribution in [0.4, 0.5) is 4.39 Å². The fraction of sp³-hybridized carbons (Fsp3) is 0. The van der Waals surface area contributed by atoms with E-state index in [1.54, 1.807) is 24.3 Å². The van der Waals surface area contributed by atoms with Gasteiger partial charge in [-0.25, -0.2) is 4.39 Å². The van der Waals surface area contributed by atoms with Gasteiger partial charge in [0.05, 0.1) is 0 Å². The molecule has 0 fully saturated rings. The Morgan fingerprint density at radius 1 is 1.16 bits per heavy atom. The zero-order valence-electron chi connectivity index (χ0n) is 9.81. The van der Waals surface area contributed by atoms with E-state index < -0.39 is 5.82 Å². The van der Waals surface area contributed by atoms with Crippen LogP contribution in [0.25, 0.3) is 6.08 Å². The number of phenols is 1. The number of carbonyl (C=O) groups is 1. The molecule has 0 aliphatic rings. The minimum Gasteiger partial charge on any atom is -0.507 e. The molecule has 2 aromatic carbocycles. The van der Waals surface area contributed by atoms with Crippen LogP contribution in [0.2, 0.25) is 5.02 Å². The first-order valence-electron chi connectivity index (χ1n) is 5.53. The zero-order chi connectivity index (χ0) is 13.8. The summed E-state index contributed by atoms with van der Waals surface area (Å²) in [6.45, 7) is 0. The van der Waals surface area contributed by atoms with Gasteiger partial charge >= 0.3 is 0 Å². The van der Waals surface area contributed by atoms with E-state index in [0.717, 1.165) is 12.1 Å². The van der Waals surface area contributed by atoms with Crippen molar-refractivity contribution < 1.29 is 14.3 Å². The maximum absolute atomic E-state index is 13.0. The first-order chi connectivity index (χ1) is 9.06. The molecule has 1 N–H and O–H groups in total. The van der Waals surface area contributed by atoms with Gasteiger partial charge in [-0.3, -0.25) is 4.79 Å². The molecule has 0 aliphatic heterocycles. The standard InChI is InChI=1S/C15H10ClFO2/c16-12-4-1-10(2-5-12)14(18)7-3-11-9-13(17)6-8-15(11)19/h1-9,19H/b7-3+. The van der Waals surface area contributed by atoms with Crippen LogP contribution < -0.4 is 0 Å². The summed E-state index contributed by atoms with van der Waals surface area (Å²) < 4.78 is 13.0. The Bertz CT molecular complexity index is 633. The molecule has 0 unspecified atom stereocenters. The number of aromatic hydroxyl groups is 1. The molecule has 0 amide bonds. The van der Waals surface area contributed by atoms with Crippen molar-refractivity contribution in [2.75, 3.05) is 0 Å². The highest BCUT2D eigenvalue weighted by atomic mass is 35.5. The van der Waals surface area contributed by atoms with E-state index in [9.17, 15) is 14.3 Å². The highest BCUT2D eigenvalue weighted by molar-refractivity contribution is 6.30. The van der Waals surface area contributed by atoms with Crippen LogP contribution in [0.1, 0.15) is 15.9 Å². The van der Waals surface area contributed by atoms with E-state index in [0.29, 0.717) is 10.6 Å². The number of benzene rings is 2. The molecule has 0 saturated carbocycles. The summed E-state index contributed by atoms with van der Waals surface area (Å²) in [6, 6.07) is 9.96. The van der Waals surface area contributed by atoms with E-state index in [4.69, 9.17) is 11.6 Å². The van der Waals surface area contributed by atoms with E-state index in [1.807, 2.05) is 0 Å². The molecule has 4 heteroatoms. The average Bonchev–Trinajstić information content (AvgIpc) is 2.40. The molecular formula is C15H10ClFO2. The smallest absolute Gasteiger partial charge is 0.185 e. The minimum absolute atomic E-state index is 0.0819. The van der Waals surface area contributed by atoms with Crippen LogP contribution >= 0.6 is 11.6 Å². The Kier molecular flexibility index (Phi) is 3.97. The molecule has 0 aromatic heterocycles. The maximum Gasteiger partial charge on any atom is 0.185 e. The Hall–Kier alpha value is -2.13. The van der Waals surface area contributed by atoms with Gasteiger partial charge in [0.25, 0.3) is 0 Å². The van der Waals surface area contributed by atoms with Crippen molar-refractivity contribution in [2.24, 2.45) is 0 Å². The second-order valence-corrected chi connectivity index (χ2v) is 4.34. The van der Waals surface area contributed by atoms with Crippen molar-refractivity contribution in [1.29, 1.82) is 0 Å². The second-order valence-electron chi connectivity index (χ2n) is 3.91. The van der Waals surface area contributed by atoms with Gasteiger partial charge in [-0.2, -0.15) is 0 Å². The van der Waals surface area contributed by atoms with Crippen molar-refractivity contribution in [1.82, 2.24) is 0 Å². The molecule has 0 heterocycles. The Morgan fingerprint density at radius 3 is 2.53 bits per heavy atom. The molecule has 96 valence electrons. The highest BCUT2D eigenvalue weighted by Gasteiger charge is 2.03. The van der Waals surface area contributed by atoms with Gasteiger partial charge in [0, 0.05) is 16.1 Å². The van der Waals surface area contributed by atoms with E-state index in [1.165, 1.54) is 18.2 Å². The monoisotopic (exact) mass is 276 g/mol. The summed E-state index contributed by atoms with van der Waals surface area (Å²) in [5.41, 5.74) is 0.721. The lowest BCUT2D eigenvalue weighted by Crippen LogP contribution is -1.93. The topological polar surface area (TPSA) is 37.3 Å². The fourth-order valence-electron chi connectivity index (χ4n) is 1.53. The van der Waals surface area contributed by atoms with Crippen LogP contribution in [-0.2, 0) is 0 Å². The molecule has 0 atom stereocenters. The van der Waals surface area contributed by atoms with Crippen LogP contribution in [0.3, 0.4) is 0 Å². The van der Waals surface area contributed by atoms with Crippen LogP contribution in [0.5, 0.6) is 5.75 Å². The van der Waals surface area contributed by atoms with Gasteiger partial charge < -0.3 is 5.11 Å². The first kappa shape index (κ1) is 13.3. The quantitative estimate of drug-likeness (QED) is 0.677. The molecule has 0 bridgehead atoms. The summed E-state index contributed by atoms with van der Waals surface area (Å²) in [7, 11) is 0. The van der Waals surface area contributed by atoms with Gasteiger partial charge in [0.1, 0.15) is 11.6 Å². The number of hydrogen-bond acceptors (Lipinski definition) is 2. The molecule has 19 heavy (non-hydrogen) atoms. The summed E-state index contributed by atoms with van der Waals surface area (Å²) in [6.07, 6.45) is 2.65. The van der Waals surface area contributed by atoms with Crippen molar-refractivity contribution in [3.8, 4) is 5.75 Å². The number of carbonyl (C=O) groups excluding carboxylic acids is 1. The summed E-state index contributed by atoms with van der Waals surface area (Å²) in [5, 5.41) is 10.1. The molecule has 2 rings (SSSR count). The number of ketones is 1. The zero-order valence-corrected chi connectivity index (χ0v) is 10.6. The number of phenolic OH excluding ortho intramolecular Hbond substituents is 1. The van der Waals surface area contributed by atoms with Crippen LogP contribution in [-0.4, -0.2) is 10.9 Å². The van der Waals surface area contributed by atoms with Gasteiger partial charge in [-0.05, 0) is 54.6 Å². The number of halogens is 2. The third-order valence-corrected chi connectivity index (χ3v) is 2.78. The van der Waals surface area contributed by atoms with Gasteiger partial charge in [-0.1, -0.05) is 11.6 Å². The Balaban J connectivity index is 2.20.